The van der Waals surface area contributed by atoms with Crippen LogP contribution >= 0.6 is 23.1 Å². The number of benzene rings is 2. The highest BCUT2D eigenvalue weighted by molar-refractivity contribution is 8.00. The van der Waals surface area contributed by atoms with Gasteiger partial charge in [0.25, 0.3) is 11.6 Å². The minimum absolute atomic E-state index is 0.0338. The van der Waals surface area contributed by atoms with Crippen molar-refractivity contribution >= 4 is 62.2 Å². The lowest BCUT2D eigenvalue weighted by Gasteiger charge is -2.18. The van der Waals surface area contributed by atoms with Crippen molar-refractivity contribution in [2.45, 2.75) is 5.03 Å². The average Bonchev–Trinajstić information content (AvgIpc) is 3.27. The Labute approximate surface area is 200 Å². The summed E-state index contributed by atoms with van der Waals surface area (Å²) in [6.07, 6.45) is 1.45. The van der Waals surface area contributed by atoms with Gasteiger partial charge in [0.15, 0.2) is 12.4 Å². The maximum Gasteiger partial charge on any atom is 0.296 e. The number of nitro benzene ring substituents is 1. The van der Waals surface area contributed by atoms with Gasteiger partial charge in [0, 0.05) is 10.9 Å². The predicted molar refractivity (Wildman–Crippen MR) is 129 cm³/mol. The average molecular weight is 494 g/mol. The summed E-state index contributed by atoms with van der Waals surface area (Å²) in [6.45, 7) is -0.229. The molecule has 10 nitrogen and oxygen atoms in total. The Bertz CT molecular complexity index is 1440. The zero-order valence-electron chi connectivity index (χ0n) is 17.3. The third kappa shape index (κ3) is 4.28. The Balaban J connectivity index is 1.38. The molecule has 0 aliphatic carbocycles. The molecular weight excluding hydrogens is 478 g/mol. The molecule has 3 heterocycles. The van der Waals surface area contributed by atoms with Crippen molar-refractivity contribution in [3.8, 4) is 16.9 Å². The van der Waals surface area contributed by atoms with Crippen molar-refractivity contribution in [1.29, 1.82) is 0 Å². The van der Waals surface area contributed by atoms with E-state index in [2.05, 4.69) is 20.6 Å². The number of carbonyl (C=O) groups excluding carboxylic acids is 2. The number of nitrogens with one attached hydrogen (secondary N) is 2. The lowest BCUT2D eigenvalue weighted by atomic mass is 10.1. The van der Waals surface area contributed by atoms with E-state index in [9.17, 15) is 19.7 Å². The molecule has 0 atom stereocenters. The van der Waals surface area contributed by atoms with Crippen molar-refractivity contribution < 1.29 is 19.2 Å². The van der Waals surface area contributed by atoms with Crippen molar-refractivity contribution in [2.24, 2.45) is 0 Å². The Morgan fingerprint density at radius 2 is 2.09 bits per heavy atom. The number of hydrogen-bond acceptors (Lipinski definition) is 9. The number of aromatic nitrogens is 2. The van der Waals surface area contributed by atoms with E-state index in [4.69, 9.17) is 4.74 Å². The van der Waals surface area contributed by atoms with Crippen molar-refractivity contribution in [2.75, 3.05) is 23.0 Å². The fourth-order valence-electron chi connectivity index (χ4n) is 3.47. The Hall–Kier alpha value is -4.03. The molecule has 12 heteroatoms. The molecule has 0 unspecified atom stereocenters. The van der Waals surface area contributed by atoms with Crippen LogP contribution in [0, 0.1) is 10.1 Å². The highest BCUT2D eigenvalue weighted by atomic mass is 32.2. The van der Waals surface area contributed by atoms with Crippen LogP contribution in [0.25, 0.3) is 21.3 Å². The molecule has 0 bridgehead atoms. The number of rotatable bonds is 6. The van der Waals surface area contributed by atoms with Gasteiger partial charge < -0.3 is 15.4 Å². The maximum atomic E-state index is 12.7. The van der Waals surface area contributed by atoms with Crippen LogP contribution in [0.15, 0.2) is 59.2 Å². The van der Waals surface area contributed by atoms with Crippen LogP contribution < -0.4 is 15.4 Å². The number of amides is 2. The third-order valence-corrected chi connectivity index (χ3v) is 6.84. The molecule has 0 fully saturated rings. The molecule has 0 saturated carbocycles. The summed E-state index contributed by atoms with van der Waals surface area (Å²) in [4.78, 5) is 44.7. The van der Waals surface area contributed by atoms with E-state index in [1.807, 2.05) is 35.7 Å². The molecule has 0 radical (unpaired) electrons. The number of thioether (sulfide) groups is 1. The molecule has 1 aliphatic heterocycles. The van der Waals surface area contributed by atoms with E-state index < -0.39 is 10.8 Å². The second-order valence-electron chi connectivity index (χ2n) is 7.17. The van der Waals surface area contributed by atoms with Gasteiger partial charge >= 0.3 is 0 Å². The van der Waals surface area contributed by atoms with Gasteiger partial charge in [-0.25, -0.2) is 9.97 Å². The fraction of sp³-hybridized carbons (Fsp3) is 0.0909. The first-order chi connectivity index (χ1) is 16.5. The van der Waals surface area contributed by atoms with Gasteiger partial charge in [0.1, 0.15) is 21.9 Å². The summed E-state index contributed by atoms with van der Waals surface area (Å²) in [5.74, 6) is -0.702. The molecule has 5 rings (SSSR count). The summed E-state index contributed by atoms with van der Waals surface area (Å²) in [5.41, 5.74) is 1.89. The second-order valence-corrected chi connectivity index (χ2v) is 8.99. The standard InChI is InChI=1S/C22H15N5O5S2/c28-18-8-32-17-7-16(27(30)31)14(6-15(17)26-18)25-19(29)10-34-22-20-13(12-4-2-1-3-5-12)9-33-21(20)23-11-24-22/h1-7,9,11H,8,10H2,(H,25,29)(H,26,28). The predicted octanol–water partition coefficient (Wildman–Crippen LogP) is 4.33. The van der Waals surface area contributed by atoms with Crippen LogP contribution in [0.1, 0.15) is 0 Å². The molecule has 2 aromatic carbocycles. The van der Waals surface area contributed by atoms with Crippen LogP contribution in [0.3, 0.4) is 0 Å². The van der Waals surface area contributed by atoms with E-state index in [1.54, 1.807) is 0 Å². The van der Waals surface area contributed by atoms with Crippen LogP contribution in [0.5, 0.6) is 5.75 Å². The lowest BCUT2D eigenvalue weighted by Crippen LogP contribution is -2.25. The van der Waals surface area contributed by atoms with Gasteiger partial charge in [0.05, 0.1) is 27.8 Å². The number of fused-ring (bicyclic) bond motifs is 2. The molecule has 34 heavy (non-hydrogen) atoms. The largest absolute Gasteiger partial charge is 0.481 e. The molecule has 2 amide bonds. The van der Waals surface area contributed by atoms with Crippen LogP contribution in [0.2, 0.25) is 0 Å². The fourth-order valence-corrected chi connectivity index (χ4v) is 5.27. The molecule has 0 spiro atoms. The first-order valence-corrected chi connectivity index (χ1v) is 11.8. The van der Waals surface area contributed by atoms with Gasteiger partial charge in [-0.15, -0.1) is 11.3 Å². The van der Waals surface area contributed by atoms with Crippen molar-refractivity contribution in [3.05, 3.63) is 64.3 Å². The smallest absolute Gasteiger partial charge is 0.296 e. The minimum atomic E-state index is -0.617. The van der Waals surface area contributed by atoms with E-state index in [0.717, 1.165) is 21.3 Å². The van der Waals surface area contributed by atoms with Crippen molar-refractivity contribution in [3.63, 3.8) is 0 Å². The summed E-state index contributed by atoms with van der Waals surface area (Å²) in [6, 6.07) is 12.3. The van der Waals surface area contributed by atoms with Gasteiger partial charge in [-0.1, -0.05) is 42.1 Å². The SMILES string of the molecule is O=C1COc2cc([N+](=O)[O-])c(NC(=O)CSc3ncnc4scc(-c5ccccc5)c34)cc2N1. The molecular formula is C22H15N5O5S2. The molecule has 0 saturated heterocycles. The van der Waals surface area contributed by atoms with E-state index >= 15 is 0 Å². The minimum Gasteiger partial charge on any atom is -0.481 e. The first-order valence-electron chi connectivity index (χ1n) is 9.95. The number of hydrogen-bond donors (Lipinski definition) is 2. The molecule has 170 valence electrons. The highest BCUT2D eigenvalue weighted by Gasteiger charge is 2.25. The third-order valence-electron chi connectivity index (χ3n) is 4.96. The zero-order chi connectivity index (χ0) is 23.7. The number of nitro groups is 1. The monoisotopic (exact) mass is 493 g/mol. The summed E-state index contributed by atoms with van der Waals surface area (Å²) in [7, 11) is 0. The van der Waals surface area contributed by atoms with E-state index in [0.29, 0.717) is 5.03 Å². The van der Waals surface area contributed by atoms with E-state index in [-0.39, 0.29) is 41.1 Å². The Morgan fingerprint density at radius 3 is 2.88 bits per heavy atom. The zero-order valence-corrected chi connectivity index (χ0v) is 18.9. The number of nitrogens with zero attached hydrogens (tertiary/aromatic N) is 3. The van der Waals surface area contributed by atoms with Crippen LogP contribution in [-0.2, 0) is 9.59 Å². The van der Waals surface area contributed by atoms with Gasteiger partial charge in [-0.2, -0.15) is 0 Å². The summed E-state index contributed by atoms with van der Waals surface area (Å²) >= 11 is 2.71. The maximum absolute atomic E-state index is 12.7. The van der Waals surface area contributed by atoms with Gasteiger partial charge in [0.2, 0.25) is 5.91 Å². The number of anilines is 2. The molecule has 2 N–H and O–H groups in total. The van der Waals surface area contributed by atoms with Gasteiger partial charge in [-0.3, -0.25) is 19.7 Å². The Kier molecular flexibility index (Phi) is 5.82. The topological polar surface area (TPSA) is 136 Å². The van der Waals surface area contributed by atoms with Crippen molar-refractivity contribution in [1.82, 2.24) is 9.97 Å². The lowest BCUT2D eigenvalue weighted by molar-refractivity contribution is -0.384. The summed E-state index contributed by atoms with van der Waals surface area (Å²) in [5, 5.41) is 20.2. The molecule has 2 aromatic heterocycles. The van der Waals surface area contributed by atoms with Crippen LogP contribution in [-0.4, -0.2) is 39.1 Å². The van der Waals surface area contributed by atoms with Gasteiger partial charge in [-0.05, 0) is 11.6 Å². The number of carbonyl (C=O) groups is 2. The molecule has 1 aliphatic rings. The second kappa shape index (κ2) is 9.08. The quantitative estimate of drug-likeness (QED) is 0.175. The van der Waals surface area contributed by atoms with E-state index in [1.165, 1.54) is 41.6 Å². The van der Waals surface area contributed by atoms with Crippen LogP contribution in [0.4, 0.5) is 17.1 Å². The highest BCUT2D eigenvalue weighted by Crippen LogP contribution is 2.39. The first kappa shape index (κ1) is 21.8. The normalized spacial score (nSPS) is 12.5. The molecule has 4 aromatic rings. The number of ether oxygens (including phenoxy) is 1. The Morgan fingerprint density at radius 1 is 1.26 bits per heavy atom. The number of thiophene rings is 1. The summed E-state index contributed by atoms with van der Waals surface area (Å²) < 4.78 is 5.23.